The predicted octanol–water partition coefficient (Wildman–Crippen LogP) is 5.33. The highest BCUT2D eigenvalue weighted by atomic mass is 32.1. The summed E-state index contributed by atoms with van der Waals surface area (Å²) in [6, 6.07) is 19.2. The third kappa shape index (κ3) is 4.89. The lowest BCUT2D eigenvalue weighted by molar-refractivity contribution is -0.385. The van der Waals surface area contributed by atoms with Gasteiger partial charge in [-0.25, -0.2) is 4.98 Å². The van der Waals surface area contributed by atoms with Crippen LogP contribution in [0, 0.1) is 10.1 Å². The predicted molar refractivity (Wildman–Crippen MR) is 130 cm³/mol. The topological polar surface area (TPSA) is 104 Å². The molecule has 0 radical (unpaired) electrons. The van der Waals surface area contributed by atoms with Gasteiger partial charge in [-0.1, -0.05) is 36.4 Å². The zero-order valence-electron chi connectivity index (χ0n) is 18.5. The molecule has 4 aromatic rings. The van der Waals surface area contributed by atoms with Crippen LogP contribution in [0.25, 0.3) is 21.8 Å². The number of nitro benzene ring substituents is 1. The van der Waals surface area contributed by atoms with Gasteiger partial charge < -0.3 is 14.8 Å². The van der Waals surface area contributed by atoms with E-state index in [2.05, 4.69) is 5.32 Å². The van der Waals surface area contributed by atoms with Crippen LogP contribution in [-0.4, -0.2) is 30.0 Å². The Morgan fingerprint density at radius 2 is 1.71 bits per heavy atom. The van der Waals surface area contributed by atoms with E-state index in [1.807, 2.05) is 47.8 Å². The van der Waals surface area contributed by atoms with E-state index in [4.69, 9.17) is 14.5 Å². The number of rotatable bonds is 8. The third-order valence-electron chi connectivity index (χ3n) is 5.18. The van der Waals surface area contributed by atoms with Crippen molar-refractivity contribution in [1.29, 1.82) is 0 Å². The molecule has 0 aliphatic heterocycles. The van der Waals surface area contributed by atoms with Gasteiger partial charge in [0, 0.05) is 29.1 Å². The van der Waals surface area contributed by atoms with Crippen LogP contribution in [0.1, 0.15) is 15.9 Å². The van der Waals surface area contributed by atoms with Crippen molar-refractivity contribution in [3.8, 4) is 33.3 Å². The number of para-hydroxylation sites is 1. The summed E-state index contributed by atoms with van der Waals surface area (Å²) in [6.45, 7) is 0.250. The first-order valence-corrected chi connectivity index (χ1v) is 11.2. The molecule has 0 saturated carbocycles. The van der Waals surface area contributed by atoms with Gasteiger partial charge in [0.25, 0.3) is 11.6 Å². The summed E-state index contributed by atoms with van der Waals surface area (Å²) in [5.41, 5.74) is 3.40. The van der Waals surface area contributed by atoms with Gasteiger partial charge in [0.05, 0.1) is 24.8 Å². The number of hydrogen-bond donors (Lipinski definition) is 1. The molecule has 172 valence electrons. The molecular weight excluding hydrogens is 454 g/mol. The largest absolute Gasteiger partial charge is 0.493 e. The lowest BCUT2D eigenvalue weighted by Gasteiger charge is -2.08. The summed E-state index contributed by atoms with van der Waals surface area (Å²) in [5.74, 6) is 0.809. The number of aromatic nitrogens is 1. The average molecular weight is 476 g/mol. The maximum atomic E-state index is 12.4. The number of methoxy groups -OCH3 is 2. The number of nitro groups is 1. The minimum absolute atomic E-state index is 0.0367. The van der Waals surface area contributed by atoms with E-state index < -0.39 is 10.8 Å². The molecule has 0 saturated heterocycles. The number of nitrogens with zero attached hydrogens (tertiary/aromatic N) is 2. The number of benzene rings is 3. The van der Waals surface area contributed by atoms with E-state index in [0.29, 0.717) is 11.5 Å². The summed E-state index contributed by atoms with van der Waals surface area (Å²) < 4.78 is 10.7. The molecule has 9 heteroatoms. The van der Waals surface area contributed by atoms with Crippen LogP contribution in [0.4, 0.5) is 5.69 Å². The summed E-state index contributed by atoms with van der Waals surface area (Å²) in [6.07, 6.45) is 0. The fraction of sp³-hybridized carbons (Fsp3) is 0.120. The van der Waals surface area contributed by atoms with Crippen molar-refractivity contribution in [3.05, 3.63) is 93.4 Å². The highest BCUT2D eigenvalue weighted by Crippen LogP contribution is 2.34. The van der Waals surface area contributed by atoms with Gasteiger partial charge in [0.15, 0.2) is 11.5 Å². The summed E-state index contributed by atoms with van der Waals surface area (Å²) in [7, 11) is 3.19. The highest BCUT2D eigenvalue weighted by molar-refractivity contribution is 7.13. The van der Waals surface area contributed by atoms with Crippen LogP contribution in [0.15, 0.2) is 72.1 Å². The lowest BCUT2D eigenvalue weighted by Crippen LogP contribution is -2.23. The molecule has 0 spiro atoms. The Kier molecular flexibility index (Phi) is 6.84. The SMILES string of the molecule is COc1ccc(-c2csc(-c3ccc(CNC(=O)c4ccccc4[N+](=O)[O-])cc3)n2)cc1OC. The van der Waals surface area contributed by atoms with Crippen molar-refractivity contribution in [2.75, 3.05) is 14.2 Å². The fourth-order valence-electron chi connectivity index (χ4n) is 3.40. The molecule has 4 rings (SSSR count). The molecule has 3 aromatic carbocycles. The molecule has 0 fully saturated rings. The van der Waals surface area contributed by atoms with Gasteiger partial charge in [-0.05, 0) is 29.8 Å². The Balaban J connectivity index is 1.44. The first-order valence-electron chi connectivity index (χ1n) is 10.3. The Bertz CT molecular complexity index is 1330. The molecule has 0 bridgehead atoms. The molecular formula is C25H21N3O5S. The first-order chi connectivity index (χ1) is 16.5. The number of nitrogens with one attached hydrogen (secondary N) is 1. The van der Waals surface area contributed by atoms with Crippen LogP contribution in [0.3, 0.4) is 0 Å². The molecule has 0 atom stereocenters. The second kappa shape index (κ2) is 10.1. The van der Waals surface area contributed by atoms with Crippen molar-refractivity contribution in [2.24, 2.45) is 0 Å². The minimum Gasteiger partial charge on any atom is -0.493 e. The number of carbonyl (C=O) groups is 1. The standard InChI is InChI=1S/C25H21N3O5S/c1-32-22-12-11-18(13-23(22)33-2)20-15-34-25(27-20)17-9-7-16(8-10-17)14-26-24(29)19-5-3-4-6-21(19)28(30)31/h3-13,15H,14H2,1-2H3,(H,26,29). The van der Waals surface area contributed by atoms with Crippen LogP contribution in [0.5, 0.6) is 11.5 Å². The van der Waals surface area contributed by atoms with Crippen LogP contribution in [0.2, 0.25) is 0 Å². The number of hydrogen-bond acceptors (Lipinski definition) is 7. The maximum Gasteiger partial charge on any atom is 0.282 e. The monoisotopic (exact) mass is 475 g/mol. The van der Waals surface area contributed by atoms with Gasteiger partial charge in [-0.3, -0.25) is 14.9 Å². The second-order valence-corrected chi connectivity index (χ2v) is 8.12. The lowest BCUT2D eigenvalue weighted by atomic mass is 10.1. The number of thiazole rings is 1. The molecule has 0 aliphatic rings. The van der Waals surface area contributed by atoms with Gasteiger partial charge in [-0.2, -0.15) is 0 Å². The quantitative estimate of drug-likeness (QED) is 0.273. The van der Waals surface area contributed by atoms with Crippen LogP contribution < -0.4 is 14.8 Å². The summed E-state index contributed by atoms with van der Waals surface area (Å²) in [5, 5.41) is 16.7. The molecule has 0 aliphatic carbocycles. The number of ether oxygens (including phenoxy) is 2. The van der Waals surface area contributed by atoms with Gasteiger partial charge in [0.2, 0.25) is 0 Å². The molecule has 34 heavy (non-hydrogen) atoms. The van der Waals surface area contributed by atoms with Gasteiger partial charge >= 0.3 is 0 Å². The Hall–Kier alpha value is -4.24. The zero-order chi connectivity index (χ0) is 24.1. The molecule has 1 heterocycles. The number of amides is 1. The van der Waals surface area contributed by atoms with E-state index in [-0.39, 0.29) is 17.8 Å². The zero-order valence-corrected chi connectivity index (χ0v) is 19.3. The normalized spacial score (nSPS) is 10.5. The average Bonchev–Trinajstić information content (AvgIpc) is 3.37. The second-order valence-electron chi connectivity index (χ2n) is 7.26. The van der Waals surface area contributed by atoms with E-state index in [1.54, 1.807) is 20.3 Å². The van der Waals surface area contributed by atoms with E-state index in [1.165, 1.54) is 29.5 Å². The van der Waals surface area contributed by atoms with Crippen molar-refractivity contribution in [1.82, 2.24) is 10.3 Å². The number of carbonyl (C=O) groups excluding carboxylic acids is 1. The Morgan fingerprint density at radius 3 is 2.41 bits per heavy atom. The van der Waals surface area contributed by atoms with Crippen molar-refractivity contribution < 1.29 is 19.2 Å². The van der Waals surface area contributed by atoms with Crippen molar-refractivity contribution >= 4 is 22.9 Å². The third-order valence-corrected chi connectivity index (χ3v) is 6.07. The fourth-order valence-corrected chi connectivity index (χ4v) is 4.24. The van der Waals surface area contributed by atoms with E-state index in [9.17, 15) is 14.9 Å². The van der Waals surface area contributed by atoms with Crippen LogP contribution in [-0.2, 0) is 6.54 Å². The minimum atomic E-state index is -0.561. The molecule has 1 aromatic heterocycles. The van der Waals surface area contributed by atoms with Crippen LogP contribution >= 0.6 is 11.3 Å². The first kappa shape index (κ1) is 22.9. The summed E-state index contributed by atoms with van der Waals surface area (Å²) in [4.78, 5) is 27.7. The smallest absolute Gasteiger partial charge is 0.282 e. The van der Waals surface area contributed by atoms with Crippen molar-refractivity contribution in [3.63, 3.8) is 0 Å². The van der Waals surface area contributed by atoms with Gasteiger partial charge in [-0.15, -0.1) is 11.3 Å². The molecule has 1 amide bonds. The molecule has 8 nitrogen and oxygen atoms in total. The molecule has 1 N–H and O–H groups in total. The highest BCUT2D eigenvalue weighted by Gasteiger charge is 2.18. The van der Waals surface area contributed by atoms with E-state index >= 15 is 0 Å². The Morgan fingerprint density at radius 1 is 1.00 bits per heavy atom. The maximum absolute atomic E-state index is 12.4. The van der Waals surface area contributed by atoms with Gasteiger partial charge in [0.1, 0.15) is 10.6 Å². The molecule has 0 unspecified atom stereocenters. The Labute approximate surface area is 200 Å². The van der Waals surface area contributed by atoms with Crippen molar-refractivity contribution in [2.45, 2.75) is 6.54 Å². The van der Waals surface area contributed by atoms with E-state index in [0.717, 1.165) is 27.4 Å². The summed E-state index contributed by atoms with van der Waals surface area (Å²) >= 11 is 1.53.